The van der Waals surface area contributed by atoms with Crippen LogP contribution in [0.15, 0.2) is 29.4 Å². The third-order valence-electron chi connectivity index (χ3n) is 3.46. The molecule has 3 aromatic rings. The lowest BCUT2D eigenvalue weighted by atomic mass is 10.2. The number of tetrazole rings is 1. The van der Waals surface area contributed by atoms with Gasteiger partial charge in [0.2, 0.25) is 17.1 Å². The fourth-order valence-electron chi connectivity index (χ4n) is 2.28. The van der Waals surface area contributed by atoms with Crippen molar-refractivity contribution in [3.63, 3.8) is 0 Å². The van der Waals surface area contributed by atoms with E-state index in [0.29, 0.717) is 23.4 Å². The maximum Gasteiger partial charge on any atom is 0.232 e. The van der Waals surface area contributed by atoms with Gasteiger partial charge < -0.3 is 11.1 Å². The molecule has 2 aromatic heterocycles. The Morgan fingerprint density at radius 2 is 2.00 bits per heavy atom. The van der Waals surface area contributed by atoms with Crippen molar-refractivity contribution in [2.75, 3.05) is 11.1 Å². The number of hydrogen-bond acceptors (Lipinski definition) is 9. The van der Waals surface area contributed by atoms with Crippen LogP contribution < -0.4 is 11.1 Å². The Labute approximate surface area is 155 Å². The molecule has 0 aliphatic carbocycles. The first kappa shape index (κ1) is 18.1. The van der Waals surface area contributed by atoms with Crippen LogP contribution in [0.25, 0.3) is 0 Å². The predicted molar refractivity (Wildman–Crippen MR) is 101 cm³/mol. The van der Waals surface area contributed by atoms with E-state index >= 15 is 0 Å². The topological polar surface area (TPSA) is 120 Å². The van der Waals surface area contributed by atoms with Gasteiger partial charge in [0, 0.05) is 12.2 Å². The average Bonchev–Trinajstić information content (AvgIpc) is 3.01. The van der Waals surface area contributed by atoms with Crippen LogP contribution in [0.2, 0.25) is 0 Å². The highest BCUT2D eigenvalue weighted by molar-refractivity contribution is 7.98. The fraction of sp³-hybridized carbons (Fsp3) is 0.375. The molecule has 0 radical (unpaired) electrons. The number of nitrogens with one attached hydrogen (secondary N) is 1. The quantitative estimate of drug-likeness (QED) is 0.603. The van der Waals surface area contributed by atoms with Gasteiger partial charge in [0.1, 0.15) is 5.82 Å². The van der Waals surface area contributed by atoms with Crippen LogP contribution in [-0.4, -0.2) is 35.2 Å². The van der Waals surface area contributed by atoms with Gasteiger partial charge in [-0.2, -0.15) is 15.0 Å². The molecule has 0 saturated carbocycles. The minimum Gasteiger partial charge on any atom is -0.368 e. The maximum absolute atomic E-state index is 5.84. The molecule has 26 heavy (non-hydrogen) atoms. The number of hydrogen-bond donors (Lipinski definition) is 2. The third kappa shape index (κ3) is 4.66. The predicted octanol–water partition coefficient (Wildman–Crippen LogP) is 2.44. The second-order valence-electron chi connectivity index (χ2n) is 6.20. The number of nitrogens with two attached hydrogens (primary N) is 1. The van der Waals surface area contributed by atoms with Gasteiger partial charge >= 0.3 is 0 Å². The number of nitrogen functional groups attached to an aromatic ring is 1. The number of nitrogens with zero attached hydrogens (tertiary/aromatic N) is 7. The van der Waals surface area contributed by atoms with Crippen molar-refractivity contribution in [2.24, 2.45) is 5.92 Å². The number of benzene rings is 1. The van der Waals surface area contributed by atoms with Crippen molar-refractivity contribution in [3.8, 4) is 0 Å². The first-order valence-electron chi connectivity index (χ1n) is 8.23. The summed E-state index contributed by atoms with van der Waals surface area (Å²) in [5.41, 5.74) is 7.86. The summed E-state index contributed by atoms with van der Waals surface area (Å²) in [6.45, 7) is 7.01. The SMILES string of the molecule is Cc1ccccc1Nc1nc(N)nc(CSc2nnnn2CC(C)C)n1. The van der Waals surface area contributed by atoms with Crippen molar-refractivity contribution >= 4 is 29.3 Å². The molecule has 2 heterocycles. The van der Waals surface area contributed by atoms with Crippen molar-refractivity contribution < 1.29 is 0 Å². The standard InChI is InChI=1S/C16H21N9S/c1-10(2)8-25-16(22-23-24-25)26-9-13-19-14(17)21-15(20-13)18-12-7-5-4-6-11(12)3/h4-7,10H,8-9H2,1-3H3,(H3,17,18,19,20,21). The number of para-hydroxylation sites is 1. The van der Waals surface area contributed by atoms with E-state index in [-0.39, 0.29) is 5.95 Å². The van der Waals surface area contributed by atoms with Crippen molar-refractivity contribution in [3.05, 3.63) is 35.7 Å². The van der Waals surface area contributed by atoms with E-state index in [0.717, 1.165) is 23.0 Å². The minimum absolute atomic E-state index is 0.174. The van der Waals surface area contributed by atoms with E-state index in [1.807, 2.05) is 31.2 Å². The number of anilines is 3. The Morgan fingerprint density at radius 1 is 1.19 bits per heavy atom. The van der Waals surface area contributed by atoms with Gasteiger partial charge in [0.05, 0.1) is 5.75 Å². The van der Waals surface area contributed by atoms with Crippen LogP contribution in [0.3, 0.4) is 0 Å². The van der Waals surface area contributed by atoms with E-state index in [2.05, 4.69) is 49.6 Å². The number of thioether (sulfide) groups is 1. The third-order valence-corrected chi connectivity index (χ3v) is 4.41. The molecule has 0 aliphatic rings. The van der Waals surface area contributed by atoms with Crippen LogP contribution in [0, 0.1) is 12.8 Å². The summed E-state index contributed by atoms with van der Waals surface area (Å²) in [6, 6.07) is 7.90. The van der Waals surface area contributed by atoms with Crippen molar-refractivity contribution in [2.45, 2.75) is 38.2 Å². The summed E-state index contributed by atoms with van der Waals surface area (Å²) in [4.78, 5) is 12.8. The summed E-state index contributed by atoms with van der Waals surface area (Å²) in [5, 5.41) is 15.7. The molecule has 0 spiro atoms. The smallest absolute Gasteiger partial charge is 0.232 e. The maximum atomic E-state index is 5.84. The number of aryl methyl sites for hydroxylation is 1. The molecular weight excluding hydrogens is 350 g/mol. The van der Waals surface area contributed by atoms with E-state index in [4.69, 9.17) is 5.73 Å². The Morgan fingerprint density at radius 3 is 2.77 bits per heavy atom. The molecular formula is C16H21N9S. The Bertz CT molecular complexity index is 878. The van der Waals surface area contributed by atoms with Gasteiger partial charge in [-0.1, -0.05) is 43.8 Å². The highest BCUT2D eigenvalue weighted by atomic mass is 32.2. The van der Waals surface area contributed by atoms with E-state index in [9.17, 15) is 0 Å². The summed E-state index contributed by atoms with van der Waals surface area (Å²) in [6.07, 6.45) is 0. The van der Waals surface area contributed by atoms with Crippen LogP contribution in [-0.2, 0) is 12.3 Å². The monoisotopic (exact) mass is 371 g/mol. The molecule has 0 aliphatic heterocycles. The second-order valence-corrected chi connectivity index (χ2v) is 7.14. The number of rotatable bonds is 7. The lowest BCUT2D eigenvalue weighted by Gasteiger charge is -2.09. The average molecular weight is 371 g/mol. The first-order chi connectivity index (χ1) is 12.5. The second kappa shape index (κ2) is 8.09. The Balaban J connectivity index is 1.72. The van der Waals surface area contributed by atoms with Crippen LogP contribution in [0.5, 0.6) is 0 Å². The largest absolute Gasteiger partial charge is 0.368 e. The van der Waals surface area contributed by atoms with Gasteiger partial charge in [-0.05, 0) is 34.9 Å². The molecule has 3 N–H and O–H groups in total. The Hall–Kier alpha value is -2.75. The van der Waals surface area contributed by atoms with E-state index in [1.54, 1.807) is 4.68 Å². The zero-order valence-electron chi connectivity index (χ0n) is 14.9. The Kier molecular flexibility index (Phi) is 5.61. The van der Waals surface area contributed by atoms with E-state index in [1.165, 1.54) is 11.8 Å². The van der Waals surface area contributed by atoms with Crippen LogP contribution >= 0.6 is 11.8 Å². The lowest BCUT2D eigenvalue weighted by Crippen LogP contribution is -2.09. The molecule has 0 saturated heterocycles. The zero-order valence-corrected chi connectivity index (χ0v) is 15.7. The highest BCUT2D eigenvalue weighted by Gasteiger charge is 2.11. The van der Waals surface area contributed by atoms with Gasteiger partial charge in [-0.25, -0.2) is 4.68 Å². The zero-order chi connectivity index (χ0) is 18.5. The molecule has 0 unspecified atom stereocenters. The van der Waals surface area contributed by atoms with Gasteiger partial charge in [0.25, 0.3) is 0 Å². The lowest BCUT2D eigenvalue weighted by molar-refractivity contribution is 0.445. The van der Waals surface area contributed by atoms with Crippen LogP contribution in [0.1, 0.15) is 25.2 Å². The molecule has 1 aromatic carbocycles. The first-order valence-corrected chi connectivity index (χ1v) is 9.22. The summed E-state index contributed by atoms with van der Waals surface area (Å²) >= 11 is 1.47. The van der Waals surface area contributed by atoms with Gasteiger partial charge in [0.15, 0.2) is 0 Å². The molecule has 0 amide bonds. The molecule has 3 rings (SSSR count). The normalized spacial score (nSPS) is 11.1. The summed E-state index contributed by atoms with van der Waals surface area (Å²) in [5.74, 6) is 2.11. The van der Waals surface area contributed by atoms with Gasteiger partial charge in [-0.15, -0.1) is 5.10 Å². The molecule has 0 fully saturated rings. The summed E-state index contributed by atoms with van der Waals surface area (Å²) < 4.78 is 1.78. The number of aromatic nitrogens is 7. The van der Waals surface area contributed by atoms with Crippen LogP contribution in [0.4, 0.5) is 17.6 Å². The molecule has 136 valence electrons. The summed E-state index contributed by atoms with van der Waals surface area (Å²) in [7, 11) is 0. The molecule has 9 nitrogen and oxygen atoms in total. The molecule has 0 bridgehead atoms. The van der Waals surface area contributed by atoms with Crippen molar-refractivity contribution in [1.82, 2.24) is 35.2 Å². The minimum atomic E-state index is 0.174. The highest BCUT2D eigenvalue weighted by Crippen LogP contribution is 2.21. The van der Waals surface area contributed by atoms with Crippen molar-refractivity contribution in [1.29, 1.82) is 0 Å². The fourth-order valence-corrected chi connectivity index (χ4v) is 3.02. The molecule has 0 atom stereocenters. The van der Waals surface area contributed by atoms with Gasteiger partial charge in [-0.3, -0.25) is 0 Å². The molecule has 10 heteroatoms. The van der Waals surface area contributed by atoms with E-state index < -0.39 is 0 Å².